The third kappa shape index (κ3) is 3.62. The molecule has 1 aliphatic rings. The number of hydrogen-bond donors (Lipinski definition) is 0. The van der Waals surface area contributed by atoms with E-state index in [1.165, 1.54) is 9.44 Å². The van der Waals surface area contributed by atoms with Crippen LogP contribution in [0.1, 0.15) is 35.9 Å². The minimum atomic E-state index is -0.521. The number of benzene rings is 1. The van der Waals surface area contributed by atoms with Crippen LogP contribution in [0.15, 0.2) is 57.7 Å². The Morgan fingerprint density at radius 3 is 2.70 bits per heavy atom. The first-order valence-electron chi connectivity index (χ1n) is 11.1. The van der Waals surface area contributed by atoms with Crippen LogP contribution in [0.3, 0.4) is 0 Å². The smallest absolute Gasteiger partial charge is 0.333 e. The molecule has 33 heavy (non-hydrogen) atoms. The molecule has 3 aromatic heterocycles. The normalized spacial score (nSPS) is 15.7. The van der Waals surface area contributed by atoms with Gasteiger partial charge in [-0.15, -0.1) is 11.3 Å². The lowest BCUT2D eigenvalue weighted by Gasteiger charge is -2.33. The number of hydrogen-bond acceptors (Lipinski definition) is 5. The van der Waals surface area contributed by atoms with Crippen molar-refractivity contribution in [2.45, 2.75) is 45.9 Å². The summed E-state index contributed by atoms with van der Waals surface area (Å²) < 4.78 is 4.28. The second-order valence-corrected chi connectivity index (χ2v) is 9.26. The summed E-state index contributed by atoms with van der Waals surface area (Å²) in [5.41, 5.74) is 1.74. The number of imidazole rings is 1. The third-order valence-corrected chi connectivity index (χ3v) is 7.40. The molecule has 0 saturated heterocycles. The van der Waals surface area contributed by atoms with Gasteiger partial charge in [0.1, 0.15) is 6.54 Å². The van der Waals surface area contributed by atoms with Gasteiger partial charge < -0.3 is 9.47 Å². The maximum Gasteiger partial charge on any atom is 0.333 e. The molecule has 0 spiro atoms. The van der Waals surface area contributed by atoms with E-state index >= 15 is 0 Å². The summed E-state index contributed by atoms with van der Waals surface area (Å²) in [6.45, 7) is 5.00. The van der Waals surface area contributed by atoms with Gasteiger partial charge in [0.2, 0.25) is 5.91 Å². The first-order chi connectivity index (χ1) is 16.0. The molecule has 0 aliphatic carbocycles. The summed E-state index contributed by atoms with van der Waals surface area (Å²) in [4.78, 5) is 47.6. The zero-order valence-corrected chi connectivity index (χ0v) is 19.4. The number of carbonyl (C=O) groups excluding carboxylic acids is 1. The predicted molar refractivity (Wildman–Crippen MR) is 128 cm³/mol. The maximum atomic E-state index is 13.5. The van der Waals surface area contributed by atoms with Gasteiger partial charge in [-0.3, -0.25) is 14.2 Å². The monoisotopic (exact) mass is 463 g/mol. The molecule has 0 N–H and O–H groups in total. The van der Waals surface area contributed by atoms with Gasteiger partial charge in [-0.1, -0.05) is 30.3 Å². The lowest BCUT2D eigenvalue weighted by molar-refractivity contribution is -0.134. The molecule has 0 radical (unpaired) electrons. The molecule has 9 heteroatoms. The van der Waals surface area contributed by atoms with Crippen LogP contribution in [0.2, 0.25) is 0 Å². The van der Waals surface area contributed by atoms with E-state index in [2.05, 4.69) is 11.1 Å². The van der Waals surface area contributed by atoms with E-state index < -0.39 is 11.2 Å². The Bertz CT molecular complexity index is 1450. The number of thiophene rings is 1. The van der Waals surface area contributed by atoms with Crippen LogP contribution < -0.4 is 11.2 Å². The quantitative estimate of drug-likeness (QED) is 0.456. The van der Waals surface area contributed by atoms with Crippen molar-refractivity contribution in [3.8, 4) is 0 Å². The van der Waals surface area contributed by atoms with Gasteiger partial charge in [0, 0.05) is 18.0 Å². The second kappa shape index (κ2) is 8.47. The summed E-state index contributed by atoms with van der Waals surface area (Å²) >= 11 is 1.70. The minimum absolute atomic E-state index is 0.0837. The molecule has 1 aliphatic heterocycles. The molecular weight excluding hydrogens is 438 g/mol. The topological polar surface area (TPSA) is 82.1 Å². The number of amides is 1. The van der Waals surface area contributed by atoms with Gasteiger partial charge >= 0.3 is 5.69 Å². The lowest BCUT2D eigenvalue weighted by atomic mass is 10.0. The highest BCUT2D eigenvalue weighted by Gasteiger charge is 2.29. The summed E-state index contributed by atoms with van der Waals surface area (Å²) in [5.74, 6) is -0.230. The average Bonchev–Trinajstić information content (AvgIpc) is 3.48. The van der Waals surface area contributed by atoms with Crippen molar-refractivity contribution in [3.05, 3.63) is 84.9 Å². The molecule has 1 unspecified atom stereocenters. The number of rotatable bonds is 5. The fraction of sp³-hybridized carbons (Fsp3) is 0.333. The fourth-order valence-corrected chi connectivity index (χ4v) is 5.57. The highest BCUT2D eigenvalue weighted by atomic mass is 32.1. The molecule has 0 fully saturated rings. The van der Waals surface area contributed by atoms with Gasteiger partial charge in [-0.25, -0.2) is 14.3 Å². The zero-order valence-electron chi connectivity index (χ0n) is 18.6. The SMILES string of the molecule is CCn1cnc2c1c(=O)n(CC(=O)N1CCc3sccc3C1C)c(=O)n2Cc1ccccc1. The van der Waals surface area contributed by atoms with E-state index in [1.54, 1.807) is 27.1 Å². The van der Waals surface area contributed by atoms with E-state index in [0.29, 0.717) is 24.3 Å². The molecule has 0 bridgehead atoms. The van der Waals surface area contributed by atoms with E-state index in [-0.39, 0.29) is 25.0 Å². The number of aryl methyl sites for hydroxylation is 1. The fourth-order valence-electron chi connectivity index (χ4n) is 4.60. The number of fused-ring (bicyclic) bond motifs is 2. The molecule has 0 saturated carbocycles. The Kier molecular flexibility index (Phi) is 5.49. The van der Waals surface area contributed by atoms with Gasteiger partial charge in [-0.05, 0) is 42.8 Å². The highest BCUT2D eigenvalue weighted by Crippen LogP contribution is 2.32. The summed E-state index contributed by atoms with van der Waals surface area (Å²) in [7, 11) is 0. The molecule has 8 nitrogen and oxygen atoms in total. The molecule has 1 atom stereocenters. The average molecular weight is 464 g/mol. The largest absolute Gasteiger partial charge is 0.334 e. The molecule has 170 valence electrons. The first-order valence-corrected chi connectivity index (χ1v) is 12.0. The van der Waals surface area contributed by atoms with Crippen LogP contribution in [0.4, 0.5) is 0 Å². The van der Waals surface area contributed by atoms with Crippen LogP contribution in [0.25, 0.3) is 11.2 Å². The molecule has 1 aromatic carbocycles. The van der Waals surface area contributed by atoms with E-state index in [9.17, 15) is 14.4 Å². The summed E-state index contributed by atoms with van der Waals surface area (Å²) in [5, 5.41) is 2.04. The van der Waals surface area contributed by atoms with Crippen molar-refractivity contribution < 1.29 is 4.79 Å². The van der Waals surface area contributed by atoms with Crippen molar-refractivity contribution in [2.75, 3.05) is 6.54 Å². The Labute approximate surface area is 194 Å². The zero-order chi connectivity index (χ0) is 23.1. The number of carbonyl (C=O) groups is 1. The number of nitrogens with zero attached hydrogens (tertiary/aromatic N) is 5. The highest BCUT2D eigenvalue weighted by molar-refractivity contribution is 7.10. The van der Waals surface area contributed by atoms with Crippen LogP contribution in [-0.4, -0.2) is 36.0 Å². The van der Waals surface area contributed by atoms with Crippen LogP contribution in [0, 0.1) is 0 Å². The van der Waals surface area contributed by atoms with Gasteiger partial charge in [0.15, 0.2) is 11.2 Å². The molecule has 4 aromatic rings. The minimum Gasteiger partial charge on any atom is -0.334 e. The Balaban J connectivity index is 1.57. The molecule has 4 heterocycles. The Morgan fingerprint density at radius 1 is 1.15 bits per heavy atom. The summed E-state index contributed by atoms with van der Waals surface area (Å²) in [6, 6.07) is 11.5. The van der Waals surface area contributed by atoms with Crippen molar-refractivity contribution in [1.29, 1.82) is 0 Å². The molecule has 1 amide bonds. The molecular formula is C24H25N5O3S. The summed E-state index contributed by atoms with van der Waals surface area (Å²) in [6.07, 6.45) is 2.36. The van der Waals surface area contributed by atoms with E-state index in [1.807, 2.05) is 49.6 Å². The third-order valence-electron chi connectivity index (χ3n) is 6.40. The van der Waals surface area contributed by atoms with Crippen LogP contribution >= 0.6 is 11.3 Å². The van der Waals surface area contributed by atoms with Crippen molar-refractivity contribution in [3.63, 3.8) is 0 Å². The van der Waals surface area contributed by atoms with E-state index in [4.69, 9.17) is 0 Å². The predicted octanol–water partition coefficient (Wildman–Crippen LogP) is 2.64. The lowest BCUT2D eigenvalue weighted by Crippen LogP contribution is -2.47. The van der Waals surface area contributed by atoms with Crippen LogP contribution in [0.5, 0.6) is 0 Å². The van der Waals surface area contributed by atoms with Gasteiger partial charge in [0.05, 0.1) is 18.9 Å². The van der Waals surface area contributed by atoms with Crippen molar-refractivity contribution in [1.82, 2.24) is 23.6 Å². The first kappa shape index (κ1) is 21.4. The van der Waals surface area contributed by atoms with Gasteiger partial charge in [0.25, 0.3) is 5.56 Å². The Morgan fingerprint density at radius 2 is 1.94 bits per heavy atom. The van der Waals surface area contributed by atoms with Crippen molar-refractivity contribution in [2.24, 2.45) is 0 Å². The second-order valence-electron chi connectivity index (χ2n) is 8.26. The molecule has 5 rings (SSSR count). The standard InChI is InChI=1S/C24H25N5O3S/c1-3-26-15-25-22-21(26)23(31)29(24(32)28(22)13-17-7-5-4-6-8-17)14-20(30)27-11-9-19-18(16(27)2)10-12-33-19/h4-8,10,12,15-16H,3,9,11,13-14H2,1-2H3. The Hall–Kier alpha value is -3.46. The van der Waals surface area contributed by atoms with Crippen LogP contribution in [-0.2, 0) is 30.8 Å². The maximum absolute atomic E-state index is 13.5. The van der Waals surface area contributed by atoms with Crippen molar-refractivity contribution >= 4 is 28.4 Å². The van der Waals surface area contributed by atoms with Gasteiger partial charge in [-0.2, -0.15) is 0 Å². The van der Waals surface area contributed by atoms with E-state index in [0.717, 1.165) is 22.1 Å². The number of aromatic nitrogens is 4.